The highest BCUT2D eigenvalue weighted by molar-refractivity contribution is 6.30. The average Bonchev–Trinajstić information content (AvgIpc) is 2.70. The molecule has 5 nitrogen and oxygen atoms in total. The Morgan fingerprint density at radius 1 is 1.15 bits per heavy atom. The Bertz CT molecular complexity index is 758. The Labute approximate surface area is 166 Å². The second kappa shape index (κ2) is 9.11. The molecule has 0 saturated carbocycles. The van der Waals surface area contributed by atoms with E-state index in [4.69, 9.17) is 16.3 Å². The molecular weight excluding hydrogens is 362 g/mol. The zero-order valence-electron chi connectivity index (χ0n) is 16.0. The van der Waals surface area contributed by atoms with E-state index in [1.54, 1.807) is 12.0 Å². The first-order valence-corrected chi connectivity index (χ1v) is 9.64. The molecule has 0 aromatic heterocycles. The minimum Gasteiger partial charge on any atom is -0.495 e. The number of nitrogens with zero attached hydrogens (tertiary/aromatic N) is 2. The number of carbonyl (C=O) groups excluding carboxylic acids is 1. The van der Waals surface area contributed by atoms with E-state index in [0.29, 0.717) is 18.1 Å². The highest BCUT2D eigenvalue weighted by atomic mass is 35.5. The number of carbonyl (C=O) groups is 1. The summed E-state index contributed by atoms with van der Waals surface area (Å²) in [7, 11) is 3.57. The molecule has 1 saturated heterocycles. The number of piperazine rings is 1. The fourth-order valence-corrected chi connectivity index (χ4v) is 3.56. The molecule has 0 bridgehead atoms. The van der Waals surface area contributed by atoms with Crippen LogP contribution in [0.1, 0.15) is 5.56 Å². The summed E-state index contributed by atoms with van der Waals surface area (Å²) in [6.45, 7) is 4.87. The van der Waals surface area contributed by atoms with Crippen LogP contribution in [0.3, 0.4) is 0 Å². The maximum absolute atomic E-state index is 12.6. The first kappa shape index (κ1) is 19.5. The molecule has 1 aliphatic heterocycles. The van der Waals surface area contributed by atoms with Gasteiger partial charge in [-0.25, -0.2) is 0 Å². The lowest BCUT2D eigenvalue weighted by Gasteiger charge is -2.34. The van der Waals surface area contributed by atoms with E-state index in [9.17, 15) is 4.79 Å². The van der Waals surface area contributed by atoms with Crippen LogP contribution in [0.2, 0.25) is 5.02 Å². The maximum Gasteiger partial charge on any atom is 0.277 e. The van der Waals surface area contributed by atoms with Crippen molar-refractivity contribution in [3.8, 4) is 5.75 Å². The van der Waals surface area contributed by atoms with Crippen molar-refractivity contribution in [1.82, 2.24) is 4.90 Å². The average molecular weight is 389 g/mol. The van der Waals surface area contributed by atoms with Crippen LogP contribution in [0, 0.1) is 0 Å². The molecule has 1 fully saturated rings. The van der Waals surface area contributed by atoms with E-state index in [2.05, 4.69) is 11.0 Å². The Morgan fingerprint density at radius 2 is 1.81 bits per heavy atom. The first-order valence-electron chi connectivity index (χ1n) is 9.27. The van der Waals surface area contributed by atoms with Crippen LogP contribution >= 0.6 is 11.6 Å². The number of para-hydroxylation sites is 2. The lowest BCUT2D eigenvalue weighted by Crippen LogP contribution is -3.15. The van der Waals surface area contributed by atoms with Crippen molar-refractivity contribution in [3.05, 3.63) is 59.1 Å². The summed E-state index contributed by atoms with van der Waals surface area (Å²) in [5.74, 6) is 1.07. The van der Waals surface area contributed by atoms with Crippen molar-refractivity contribution in [2.24, 2.45) is 0 Å². The Hall–Kier alpha value is -2.24. The van der Waals surface area contributed by atoms with Crippen LogP contribution in [0.5, 0.6) is 5.75 Å². The van der Waals surface area contributed by atoms with Gasteiger partial charge in [-0.2, -0.15) is 0 Å². The number of rotatable bonds is 6. The number of likely N-dealkylation sites (N-methyl/N-ethyl adjacent to an activating group) is 1. The van der Waals surface area contributed by atoms with Gasteiger partial charge in [-0.1, -0.05) is 35.9 Å². The van der Waals surface area contributed by atoms with Gasteiger partial charge in [0.2, 0.25) is 0 Å². The summed E-state index contributed by atoms with van der Waals surface area (Å²) in [5, 5.41) is 0.713. The SMILES string of the molecule is COc1ccccc1N1CC[NH+](CC(=O)N(C)Cc2ccc(Cl)cc2)CC1. The van der Waals surface area contributed by atoms with Gasteiger partial charge in [-0.05, 0) is 29.8 Å². The normalized spacial score (nSPS) is 14.9. The molecule has 0 spiro atoms. The molecule has 2 aromatic carbocycles. The molecule has 0 unspecified atom stereocenters. The molecule has 2 aromatic rings. The van der Waals surface area contributed by atoms with E-state index in [-0.39, 0.29) is 5.91 Å². The van der Waals surface area contributed by atoms with Gasteiger partial charge in [0.05, 0.1) is 39.0 Å². The minimum absolute atomic E-state index is 0.172. The van der Waals surface area contributed by atoms with E-state index in [1.807, 2.05) is 49.5 Å². The fourth-order valence-electron chi connectivity index (χ4n) is 3.43. The van der Waals surface area contributed by atoms with Crippen molar-refractivity contribution in [2.75, 3.05) is 51.8 Å². The smallest absolute Gasteiger partial charge is 0.277 e. The molecule has 27 heavy (non-hydrogen) atoms. The Morgan fingerprint density at radius 3 is 2.48 bits per heavy atom. The van der Waals surface area contributed by atoms with Gasteiger partial charge in [-0.3, -0.25) is 4.79 Å². The third-order valence-electron chi connectivity index (χ3n) is 5.06. The van der Waals surface area contributed by atoms with E-state index >= 15 is 0 Å². The molecule has 144 valence electrons. The van der Waals surface area contributed by atoms with Gasteiger partial charge in [0.15, 0.2) is 6.54 Å². The number of anilines is 1. The van der Waals surface area contributed by atoms with Crippen molar-refractivity contribution < 1.29 is 14.4 Å². The van der Waals surface area contributed by atoms with Crippen molar-refractivity contribution in [3.63, 3.8) is 0 Å². The molecule has 1 N–H and O–H groups in total. The van der Waals surface area contributed by atoms with Crippen LogP contribution < -0.4 is 14.5 Å². The predicted octanol–water partition coefficient (Wildman–Crippen LogP) is 1.71. The van der Waals surface area contributed by atoms with E-state index < -0.39 is 0 Å². The summed E-state index contributed by atoms with van der Waals surface area (Å²) < 4.78 is 5.47. The van der Waals surface area contributed by atoms with Gasteiger partial charge >= 0.3 is 0 Å². The number of quaternary nitrogens is 1. The van der Waals surface area contributed by atoms with Gasteiger partial charge in [-0.15, -0.1) is 0 Å². The molecule has 0 atom stereocenters. The second-order valence-electron chi connectivity index (χ2n) is 6.96. The predicted molar refractivity (Wildman–Crippen MR) is 109 cm³/mol. The Balaban J connectivity index is 1.49. The summed E-state index contributed by atoms with van der Waals surface area (Å²) in [6, 6.07) is 15.7. The molecular formula is C21H27ClN3O2+. The summed E-state index contributed by atoms with van der Waals surface area (Å²) >= 11 is 5.92. The zero-order valence-corrected chi connectivity index (χ0v) is 16.7. The number of amides is 1. The lowest BCUT2D eigenvalue weighted by atomic mass is 10.2. The molecule has 0 radical (unpaired) electrons. The second-order valence-corrected chi connectivity index (χ2v) is 7.40. The van der Waals surface area contributed by atoms with Crippen molar-refractivity contribution in [1.29, 1.82) is 0 Å². The summed E-state index contributed by atoms with van der Waals surface area (Å²) in [4.78, 5) is 18.0. The summed E-state index contributed by atoms with van der Waals surface area (Å²) in [6.07, 6.45) is 0. The number of halogens is 1. The molecule has 3 rings (SSSR count). The monoisotopic (exact) mass is 388 g/mol. The highest BCUT2D eigenvalue weighted by Gasteiger charge is 2.25. The van der Waals surface area contributed by atoms with Crippen molar-refractivity contribution in [2.45, 2.75) is 6.54 Å². The van der Waals surface area contributed by atoms with Crippen LogP contribution in [-0.2, 0) is 11.3 Å². The van der Waals surface area contributed by atoms with Gasteiger partial charge in [0.1, 0.15) is 5.75 Å². The minimum atomic E-state index is 0.172. The molecule has 1 aliphatic rings. The largest absolute Gasteiger partial charge is 0.495 e. The first-order chi connectivity index (χ1) is 13.1. The van der Waals surface area contributed by atoms with Crippen molar-refractivity contribution >= 4 is 23.2 Å². The summed E-state index contributed by atoms with van der Waals surface area (Å²) in [5.41, 5.74) is 2.22. The lowest BCUT2D eigenvalue weighted by molar-refractivity contribution is -0.892. The molecule has 0 aliphatic carbocycles. The van der Waals surface area contributed by atoms with Gasteiger partial charge in [0.25, 0.3) is 5.91 Å². The van der Waals surface area contributed by atoms with Crippen LogP contribution in [0.15, 0.2) is 48.5 Å². The number of hydrogen-bond donors (Lipinski definition) is 1. The third kappa shape index (κ3) is 5.15. The third-order valence-corrected chi connectivity index (χ3v) is 5.31. The van der Waals surface area contributed by atoms with Crippen LogP contribution in [-0.4, -0.2) is 57.7 Å². The highest BCUT2D eigenvalue weighted by Crippen LogP contribution is 2.27. The molecule has 1 heterocycles. The number of benzene rings is 2. The standard InChI is InChI=1S/C21H26ClN3O2/c1-23(15-17-7-9-18(22)10-8-17)21(26)16-24-11-13-25(14-12-24)19-5-3-4-6-20(19)27-2/h3-10H,11-16H2,1-2H3/p+1. The maximum atomic E-state index is 12.6. The number of hydrogen-bond acceptors (Lipinski definition) is 3. The zero-order chi connectivity index (χ0) is 19.2. The molecule has 1 amide bonds. The van der Waals surface area contributed by atoms with E-state index in [0.717, 1.165) is 43.2 Å². The number of nitrogens with one attached hydrogen (secondary N) is 1. The Kier molecular flexibility index (Phi) is 6.58. The van der Waals surface area contributed by atoms with Crippen LogP contribution in [0.4, 0.5) is 5.69 Å². The fraction of sp³-hybridized carbons (Fsp3) is 0.381. The topological polar surface area (TPSA) is 37.2 Å². The van der Waals surface area contributed by atoms with Gasteiger partial charge < -0.3 is 19.4 Å². The van der Waals surface area contributed by atoms with E-state index in [1.165, 1.54) is 4.90 Å². The number of ether oxygens (including phenoxy) is 1. The quantitative estimate of drug-likeness (QED) is 0.818. The molecule has 6 heteroatoms. The number of methoxy groups -OCH3 is 1. The van der Waals surface area contributed by atoms with Gasteiger partial charge in [0, 0.05) is 18.6 Å². The van der Waals surface area contributed by atoms with Crippen LogP contribution in [0.25, 0.3) is 0 Å².